The van der Waals surface area contributed by atoms with Crippen molar-refractivity contribution in [1.29, 1.82) is 0 Å². The average molecular weight is 433 g/mol. The van der Waals surface area contributed by atoms with Crippen LogP contribution >= 0.6 is 23.2 Å². The molecule has 0 N–H and O–H groups in total. The number of benzene rings is 1. The maximum absolute atomic E-state index is 12.4. The van der Waals surface area contributed by atoms with E-state index in [1.54, 1.807) is 28.9 Å². The topological polar surface area (TPSA) is 66.6 Å². The van der Waals surface area contributed by atoms with Crippen LogP contribution in [-0.2, 0) is 4.79 Å². The van der Waals surface area contributed by atoms with Crippen LogP contribution in [0.25, 0.3) is 17.0 Å². The van der Waals surface area contributed by atoms with Gasteiger partial charge in [-0.3, -0.25) is 4.79 Å². The fraction of sp³-hybridized carbons (Fsp3) is 0.400. The van der Waals surface area contributed by atoms with E-state index < -0.39 is 0 Å². The molecular formula is C20H22Cl2N6O. The largest absolute Gasteiger partial charge is 0.339 e. The quantitative estimate of drug-likeness (QED) is 0.627. The summed E-state index contributed by atoms with van der Waals surface area (Å²) >= 11 is 12.5. The molecular weight excluding hydrogens is 411 g/mol. The number of halogens is 2. The fourth-order valence-electron chi connectivity index (χ4n) is 3.43. The maximum Gasteiger partial charge on any atom is 0.254 e. The molecule has 4 rings (SSSR count). The Balaban J connectivity index is 1.59. The highest BCUT2D eigenvalue weighted by Crippen LogP contribution is 2.30. The van der Waals surface area contributed by atoms with Gasteiger partial charge < -0.3 is 9.80 Å². The van der Waals surface area contributed by atoms with Gasteiger partial charge in [0, 0.05) is 48.9 Å². The lowest BCUT2D eigenvalue weighted by Crippen LogP contribution is -2.50. The summed E-state index contributed by atoms with van der Waals surface area (Å²) in [4.78, 5) is 25.3. The van der Waals surface area contributed by atoms with Crippen molar-refractivity contribution in [1.82, 2.24) is 24.5 Å². The Hall–Kier alpha value is -2.38. The zero-order valence-corrected chi connectivity index (χ0v) is 17.9. The zero-order valence-electron chi connectivity index (χ0n) is 16.3. The highest BCUT2D eigenvalue weighted by molar-refractivity contribution is 6.35. The molecule has 152 valence electrons. The Kier molecular flexibility index (Phi) is 5.61. The molecule has 1 atom stereocenters. The van der Waals surface area contributed by atoms with Crippen molar-refractivity contribution in [3.63, 3.8) is 0 Å². The van der Waals surface area contributed by atoms with Crippen LogP contribution in [0, 0.1) is 5.92 Å². The number of hydrogen-bond acceptors (Lipinski definition) is 5. The van der Waals surface area contributed by atoms with Gasteiger partial charge in [0.25, 0.3) is 5.78 Å². The molecule has 0 saturated carbocycles. The van der Waals surface area contributed by atoms with Crippen molar-refractivity contribution in [2.75, 3.05) is 31.1 Å². The van der Waals surface area contributed by atoms with Crippen molar-refractivity contribution in [3.05, 3.63) is 40.5 Å². The molecule has 1 aliphatic heterocycles. The Bertz CT molecular complexity index is 1040. The molecule has 1 amide bonds. The van der Waals surface area contributed by atoms with Gasteiger partial charge in [0.05, 0.1) is 10.7 Å². The highest BCUT2D eigenvalue weighted by Gasteiger charge is 2.26. The van der Waals surface area contributed by atoms with Crippen LogP contribution in [0.1, 0.15) is 20.3 Å². The minimum absolute atomic E-state index is 0.0593. The number of amides is 1. The van der Waals surface area contributed by atoms with E-state index in [0.29, 0.717) is 48.0 Å². The number of rotatable bonds is 4. The van der Waals surface area contributed by atoms with Gasteiger partial charge in [0.15, 0.2) is 0 Å². The Labute approximate surface area is 179 Å². The molecule has 3 aromatic rings. The molecule has 29 heavy (non-hydrogen) atoms. The molecule has 3 heterocycles. The van der Waals surface area contributed by atoms with Gasteiger partial charge in [0.2, 0.25) is 11.9 Å². The number of piperazine rings is 1. The van der Waals surface area contributed by atoms with Crippen LogP contribution in [-0.4, -0.2) is 56.6 Å². The van der Waals surface area contributed by atoms with Crippen molar-refractivity contribution < 1.29 is 4.79 Å². The summed E-state index contributed by atoms with van der Waals surface area (Å²) in [6.07, 6.45) is 2.54. The molecule has 0 bridgehead atoms. The van der Waals surface area contributed by atoms with Crippen LogP contribution in [0.4, 0.5) is 5.95 Å². The molecule has 1 aliphatic rings. The first-order chi connectivity index (χ1) is 14.0. The molecule has 1 aromatic carbocycles. The van der Waals surface area contributed by atoms with Gasteiger partial charge in [-0.05, 0) is 30.7 Å². The van der Waals surface area contributed by atoms with E-state index in [1.807, 2.05) is 24.8 Å². The zero-order chi connectivity index (χ0) is 20.5. The van der Waals surface area contributed by atoms with Crippen LogP contribution < -0.4 is 4.90 Å². The summed E-state index contributed by atoms with van der Waals surface area (Å²) in [5.41, 5.74) is 1.54. The van der Waals surface area contributed by atoms with Crippen LogP contribution in [0.2, 0.25) is 10.0 Å². The lowest BCUT2D eigenvalue weighted by Gasteiger charge is -2.35. The number of carbonyl (C=O) groups excluding carboxylic acids is 1. The second-order valence-electron chi connectivity index (χ2n) is 7.20. The third-order valence-electron chi connectivity index (χ3n) is 5.34. The van der Waals surface area contributed by atoms with Gasteiger partial charge in [-0.2, -0.15) is 9.50 Å². The predicted octanol–water partition coefficient (Wildman–Crippen LogP) is 3.79. The van der Waals surface area contributed by atoms with Crippen molar-refractivity contribution in [2.45, 2.75) is 20.3 Å². The van der Waals surface area contributed by atoms with Crippen LogP contribution in [0.3, 0.4) is 0 Å². The summed E-state index contributed by atoms with van der Waals surface area (Å²) in [5, 5.41) is 5.84. The van der Waals surface area contributed by atoms with E-state index in [2.05, 4.69) is 20.0 Å². The van der Waals surface area contributed by atoms with Crippen molar-refractivity contribution in [2.24, 2.45) is 5.92 Å². The number of nitrogens with zero attached hydrogens (tertiary/aromatic N) is 6. The summed E-state index contributed by atoms with van der Waals surface area (Å²) in [7, 11) is 0. The molecule has 9 heteroatoms. The first-order valence-electron chi connectivity index (χ1n) is 9.69. The Morgan fingerprint density at radius 1 is 1.17 bits per heavy atom. The normalized spacial score (nSPS) is 15.7. The van der Waals surface area contributed by atoms with Gasteiger partial charge in [-0.15, -0.1) is 5.10 Å². The first kappa shape index (κ1) is 19.9. The number of anilines is 1. The van der Waals surface area contributed by atoms with Gasteiger partial charge in [-0.25, -0.2) is 4.98 Å². The first-order valence-corrected chi connectivity index (χ1v) is 10.4. The summed E-state index contributed by atoms with van der Waals surface area (Å²) in [6, 6.07) is 7.15. The Morgan fingerprint density at radius 3 is 2.66 bits per heavy atom. The van der Waals surface area contributed by atoms with Gasteiger partial charge in [0.1, 0.15) is 0 Å². The number of aromatic nitrogens is 4. The van der Waals surface area contributed by atoms with E-state index in [9.17, 15) is 4.79 Å². The average Bonchev–Trinajstić information content (AvgIpc) is 3.19. The second-order valence-corrected chi connectivity index (χ2v) is 8.04. The third kappa shape index (κ3) is 3.89. The molecule has 2 aromatic heterocycles. The summed E-state index contributed by atoms with van der Waals surface area (Å²) in [5.74, 6) is 1.36. The molecule has 0 aliphatic carbocycles. The lowest BCUT2D eigenvalue weighted by atomic mass is 10.1. The van der Waals surface area contributed by atoms with Gasteiger partial charge >= 0.3 is 0 Å². The number of hydrogen-bond donors (Lipinski definition) is 0. The van der Waals surface area contributed by atoms with Crippen LogP contribution in [0.15, 0.2) is 30.5 Å². The third-order valence-corrected chi connectivity index (χ3v) is 5.91. The van der Waals surface area contributed by atoms with Crippen LogP contribution in [0.5, 0.6) is 0 Å². The van der Waals surface area contributed by atoms with Crippen molar-refractivity contribution >= 4 is 40.8 Å². The van der Waals surface area contributed by atoms with E-state index in [-0.39, 0.29) is 11.8 Å². The highest BCUT2D eigenvalue weighted by atomic mass is 35.5. The molecule has 0 unspecified atom stereocenters. The smallest absolute Gasteiger partial charge is 0.254 e. The fourth-order valence-corrected chi connectivity index (χ4v) is 3.81. The lowest BCUT2D eigenvalue weighted by molar-refractivity contribution is -0.135. The summed E-state index contributed by atoms with van der Waals surface area (Å²) < 4.78 is 1.68. The standard InChI is InChI=1S/C20H22Cl2N6O/c1-3-13(2)18(29)26-8-10-27(11-9-26)20-24-19-23-7-6-17(28(19)25-20)15-12-14(21)4-5-16(15)22/h4-7,12-13H,3,8-11H2,1-2H3/t13-/m0/s1. The monoisotopic (exact) mass is 432 g/mol. The SMILES string of the molecule is CC[C@H](C)C(=O)N1CCN(c2nc3nccc(-c4cc(Cl)ccc4Cl)n3n2)CC1. The number of fused-ring (bicyclic) bond motifs is 1. The molecule has 1 saturated heterocycles. The van der Waals surface area contributed by atoms with Crippen molar-refractivity contribution in [3.8, 4) is 11.3 Å². The molecule has 0 radical (unpaired) electrons. The van der Waals surface area contributed by atoms with Gasteiger partial charge in [-0.1, -0.05) is 37.0 Å². The second kappa shape index (κ2) is 8.16. The van der Waals surface area contributed by atoms with E-state index in [0.717, 1.165) is 17.7 Å². The van der Waals surface area contributed by atoms with E-state index in [1.165, 1.54) is 0 Å². The molecule has 1 fully saturated rings. The van der Waals surface area contributed by atoms with E-state index >= 15 is 0 Å². The number of carbonyl (C=O) groups is 1. The molecule has 0 spiro atoms. The maximum atomic E-state index is 12.4. The van der Waals surface area contributed by atoms with E-state index in [4.69, 9.17) is 23.2 Å². The minimum Gasteiger partial charge on any atom is -0.339 e. The summed E-state index contributed by atoms with van der Waals surface area (Å²) in [6.45, 7) is 6.72. The Morgan fingerprint density at radius 2 is 1.93 bits per heavy atom. The predicted molar refractivity (Wildman–Crippen MR) is 114 cm³/mol. The minimum atomic E-state index is 0.0593. The molecule has 7 nitrogen and oxygen atoms in total.